The molecule has 0 bridgehead atoms. The molecule has 98 heavy (non-hydrogen) atoms. The number of unbranched alkanes of at least 4 members (excludes halogenated alkanes) is 2. The Morgan fingerprint density at radius 3 is 2.16 bits per heavy atom. The highest BCUT2D eigenvalue weighted by molar-refractivity contribution is 7.13. The molecule has 4 aromatic heterocycles. The van der Waals surface area contributed by atoms with Gasteiger partial charge in [0, 0.05) is 91.4 Å². The lowest BCUT2D eigenvalue weighted by Gasteiger charge is -2.25. The van der Waals surface area contributed by atoms with E-state index in [4.69, 9.17) is 23.9 Å². The van der Waals surface area contributed by atoms with Crippen LogP contribution in [0.5, 0.6) is 17.2 Å². The largest absolute Gasteiger partial charge is 0.494 e. The monoisotopic (exact) mass is 1380 g/mol. The number of pyridine rings is 2. The molecule has 19 nitrogen and oxygen atoms in total. The number of esters is 1. The van der Waals surface area contributed by atoms with E-state index in [0.717, 1.165) is 49.9 Å². The topological polar surface area (TPSA) is 258 Å². The van der Waals surface area contributed by atoms with Gasteiger partial charge in [-0.1, -0.05) is 39.8 Å². The molecule has 0 spiro atoms. The number of carbonyl (C=O) groups is 6. The number of H-pyrrole nitrogens is 1. The summed E-state index contributed by atoms with van der Waals surface area (Å²) in [4.78, 5) is 111. The Labute approximate surface area is 578 Å². The normalized spacial score (nSPS) is 24.3. The number of nitrogens with one attached hydrogen (secondary N) is 1. The van der Waals surface area contributed by atoms with Crippen molar-refractivity contribution < 1.29 is 66.7 Å². The molecule has 2 aromatic carbocycles. The number of hydrogen-bond donors (Lipinski definition) is 3. The van der Waals surface area contributed by atoms with Crippen LogP contribution in [-0.4, -0.2) is 135 Å². The van der Waals surface area contributed by atoms with Crippen molar-refractivity contribution in [2.24, 2.45) is 46.3 Å². The first-order valence-electron chi connectivity index (χ1n) is 33.8. The number of aromatic amines is 1. The van der Waals surface area contributed by atoms with Crippen LogP contribution in [0.3, 0.4) is 0 Å². The number of aliphatic carboxylic acids is 1. The van der Waals surface area contributed by atoms with Crippen molar-refractivity contribution in [2.45, 2.75) is 149 Å². The van der Waals surface area contributed by atoms with Crippen LogP contribution in [-0.2, 0) is 33.5 Å². The van der Waals surface area contributed by atoms with E-state index in [2.05, 4.69) is 33.8 Å². The van der Waals surface area contributed by atoms with Crippen LogP contribution in [0.1, 0.15) is 148 Å². The van der Waals surface area contributed by atoms with Crippen LogP contribution in [0.2, 0.25) is 0 Å². The first-order valence-corrected chi connectivity index (χ1v) is 35.5. The molecule has 11 rings (SSSR count). The fourth-order valence-electron chi connectivity index (χ4n) is 13.7. The predicted molar refractivity (Wildman–Crippen MR) is 373 cm³/mol. The van der Waals surface area contributed by atoms with Gasteiger partial charge in [0.2, 0.25) is 11.8 Å². The highest BCUT2D eigenvalue weighted by Gasteiger charge is 2.63. The number of Topliss-reactive ketones (excluding diaryl/α,β-unsaturated/α-hetero) is 2. The van der Waals surface area contributed by atoms with Crippen LogP contribution in [0.25, 0.3) is 43.2 Å². The molecule has 4 saturated carbocycles. The van der Waals surface area contributed by atoms with Gasteiger partial charge in [-0.15, -0.1) is 41.6 Å². The molecular formula is C75H90F2N6O13S2. The molecule has 0 unspecified atom stereocenters. The fraction of sp³-hybridized carbons (Fsp3) is 0.507. The third-order valence-corrected chi connectivity index (χ3v) is 21.5. The van der Waals surface area contributed by atoms with Crippen LogP contribution < -0.4 is 19.6 Å². The van der Waals surface area contributed by atoms with Gasteiger partial charge in [0.05, 0.1) is 72.2 Å². The molecule has 4 aliphatic carbocycles. The van der Waals surface area contributed by atoms with Gasteiger partial charge in [-0.2, -0.15) is 0 Å². The van der Waals surface area contributed by atoms with Gasteiger partial charge >= 0.3 is 11.9 Å². The van der Waals surface area contributed by atoms with Gasteiger partial charge in [-0.25, -0.2) is 23.7 Å². The molecule has 4 fully saturated rings. The van der Waals surface area contributed by atoms with E-state index in [1.54, 1.807) is 61.2 Å². The number of ether oxygens (including phenoxy) is 4. The Hall–Kier alpha value is -8.24. The number of carbonyl (C=O) groups excluding carboxylic acids is 5. The van der Waals surface area contributed by atoms with Crippen molar-refractivity contribution in [3.63, 3.8) is 0 Å². The van der Waals surface area contributed by atoms with Gasteiger partial charge in [-0.05, 0) is 138 Å². The summed E-state index contributed by atoms with van der Waals surface area (Å²) in [6, 6.07) is 9.41. The molecule has 10 atom stereocenters. The second-order valence-electron chi connectivity index (χ2n) is 27.1. The summed E-state index contributed by atoms with van der Waals surface area (Å²) in [5.74, 6) is -4.92. The molecule has 1 aliphatic heterocycles. The standard InChI is InChI=1S/C36H40FN3O6S.C23H35NO5.C16H15FN2O2S/c1-20(2)27-19-47-33(39-27)26-16-30(23-11-12-29(45-4)31(37)32(23)38-26)46-22-14-24-25(15-22)34(42)40(3)13-9-7-5-6-8-10-21-17-36(21,35(43)44)18-28(24)41;1-5-8-9-10-11-24(4)21(27)19-13-17(25)12-18(19)20(26)15-23(14-16(23)6-2)22(28)29-7-3;1-8(2)11-7-22-16(19-11)10-6-12(20)9-4-5-13(21-3)14(17)15(9)18-10/h6,10-12,16,19-22,24-25H,5,7,9,13-15,17-18H2,1-4H3,(H,43,44);5-6,16-19,25H,1-2,7-15H2,3-4H3;4-8H,1-3H3,(H,18,20)/t8?,21-,22-,24-,25-,36-;16-,17+,18-,19-,23-;/m11./s1. The summed E-state index contributed by atoms with van der Waals surface area (Å²) < 4.78 is 52.0. The van der Waals surface area contributed by atoms with E-state index in [1.165, 1.54) is 55.1 Å². The average molecular weight is 1390 g/mol. The van der Waals surface area contributed by atoms with Gasteiger partial charge in [0.15, 0.2) is 28.6 Å². The number of halogens is 2. The zero-order chi connectivity index (χ0) is 70.9. The van der Waals surface area contributed by atoms with E-state index in [9.17, 15) is 48.2 Å². The van der Waals surface area contributed by atoms with Gasteiger partial charge in [0.1, 0.15) is 44.6 Å². The van der Waals surface area contributed by atoms with Crippen LogP contribution in [0.4, 0.5) is 8.78 Å². The van der Waals surface area contributed by atoms with Crippen molar-refractivity contribution in [3.05, 3.63) is 124 Å². The number of rotatable bonds is 21. The molecular weight excluding hydrogens is 1290 g/mol. The van der Waals surface area contributed by atoms with Gasteiger partial charge in [0.25, 0.3) is 0 Å². The number of allylic oxidation sites excluding steroid dienone is 3. The number of nitrogens with zero attached hydrogens (tertiary/aromatic N) is 5. The van der Waals surface area contributed by atoms with Crippen molar-refractivity contribution in [1.29, 1.82) is 0 Å². The van der Waals surface area contributed by atoms with Crippen molar-refractivity contribution in [3.8, 4) is 38.7 Å². The number of hydrogen-bond acceptors (Lipinski definition) is 17. The molecule has 6 aromatic rings. The number of fused-ring (bicyclic) bond motifs is 4. The smallest absolute Gasteiger partial charge is 0.313 e. The lowest BCUT2D eigenvalue weighted by Crippen LogP contribution is -2.38. The highest BCUT2D eigenvalue weighted by atomic mass is 32.1. The Kier molecular flexibility index (Phi) is 24.3. The molecule has 5 aliphatic rings. The van der Waals surface area contributed by atoms with Crippen LogP contribution in [0.15, 0.2) is 95.1 Å². The predicted octanol–water partition coefficient (Wildman–Crippen LogP) is 13.6. The summed E-state index contributed by atoms with van der Waals surface area (Å²) in [5, 5.41) is 26.2. The molecule has 5 heterocycles. The van der Waals surface area contributed by atoms with Crippen molar-refractivity contribution in [1.82, 2.24) is 29.7 Å². The first-order chi connectivity index (χ1) is 46.8. The number of carboxylic acid groups (broad SMARTS) is 1. The minimum Gasteiger partial charge on any atom is -0.494 e. The number of amides is 2. The molecule has 0 saturated heterocycles. The minimum absolute atomic E-state index is 0.0473. The third kappa shape index (κ3) is 16.4. The maximum Gasteiger partial charge on any atom is 0.313 e. The summed E-state index contributed by atoms with van der Waals surface area (Å²) in [6.07, 6.45) is 13.1. The molecule has 524 valence electrons. The number of thiazole rings is 2. The van der Waals surface area contributed by atoms with E-state index >= 15 is 4.39 Å². The Balaban J connectivity index is 0.000000188. The second-order valence-corrected chi connectivity index (χ2v) is 28.8. The lowest BCUT2D eigenvalue weighted by atomic mass is 9.84. The highest BCUT2D eigenvalue weighted by Crippen LogP contribution is 2.59. The Bertz CT molecular complexity index is 4100. The number of carboxylic acids is 1. The van der Waals surface area contributed by atoms with E-state index in [0.29, 0.717) is 76.2 Å². The molecule has 3 N–H and O–H groups in total. The SMILES string of the molecule is C=CCCCCN(C)C(=O)[C@@H]1C[C@@H](O)C[C@H]1C(=O)C[C@]1(C(=O)OCC)C[C@H]1C=C.COc1ccc2c(=O)cc(-c3nc(C(C)C)cs3)[nH]c2c1F.COc1ccc2c(O[C@@H]3C[C@H]4C(=O)C[C@]5(C(=O)O)C[C@H]5C=C=CCCCCN(C)C(=O)[C@@H]4C3)cc(-c3nc(C(C)C)cs3)nc2c1F. The number of aliphatic hydroxyl groups is 1. The number of aromatic nitrogens is 4. The second kappa shape index (κ2) is 32.2. The summed E-state index contributed by atoms with van der Waals surface area (Å²) in [5.41, 5.74) is 3.89. The van der Waals surface area contributed by atoms with Crippen molar-refractivity contribution in [2.75, 3.05) is 48.0 Å². The summed E-state index contributed by atoms with van der Waals surface area (Å²) >= 11 is 2.84. The molecule has 23 heteroatoms. The van der Waals surface area contributed by atoms with Gasteiger partial charge in [-0.3, -0.25) is 33.6 Å². The minimum atomic E-state index is -1.17. The van der Waals surface area contributed by atoms with E-state index < -0.39 is 64.3 Å². The average Bonchev–Trinajstić information content (AvgIpc) is 1.54. The lowest BCUT2D eigenvalue weighted by molar-refractivity contribution is -0.152. The number of benzene rings is 2. The Morgan fingerprint density at radius 1 is 0.857 bits per heavy atom. The number of methoxy groups -OCH3 is 2. The molecule has 2 amide bonds. The maximum absolute atomic E-state index is 15.6. The first kappa shape index (κ1) is 74.0. The molecule has 0 radical (unpaired) electrons. The fourth-order valence-corrected chi connectivity index (χ4v) is 15.6. The van der Waals surface area contributed by atoms with Crippen molar-refractivity contribution >= 4 is 79.8 Å². The Morgan fingerprint density at radius 2 is 1.52 bits per heavy atom. The number of aliphatic hydroxyl groups excluding tert-OH is 1. The third-order valence-electron chi connectivity index (χ3n) is 19.7. The zero-order valence-electron chi connectivity index (χ0n) is 57.3. The van der Waals surface area contributed by atoms with Gasteiger partial charge < -0.3 is 43.9 Å². The maximum atomic E-state index is 15.6. The van der Waals surface area contributed by atoms with E-state index in [1.807, 2.05) is 50.6 Å². The quantitative estimate of drug-likeness (QED) is 0.0262. The summed E-state index contributed by atoms with van der Waals surface area (Å²) in [7, 11) is 6.28. The van der Waals surface area contributed by atoms with E-state index in [-0.39, 0.29) is 114 Å². The zero-order valence-corrected chi connectivity index (χ0v) is 59.0. The van der Waals surface area contributed by atoms with Crippen LogP contribution >= 0.6 is 22.7 Å². The number of ketones is 2. The van der Waals surface area contributed by atoms with Crippen LogP contribution in [0, 0.1) is 58.0 Å². The summed E-state index contributed by atoms with van der Waals surface area (Å²) in [6.45, 7) is 18.8.